The van der Waals surface area contributed by atoms with Crippen LogP contribution in [0, 0.1) is 23.0 Å². The monoisotopic (exact) mass is 306 g/mol. The molecule has 1 heterocycles. The number of carbonyl (C=O) groups excluding carboxylic acids is 2. The number of rotatable bonds is 3. The number of esters is 2. The second kappa shape index (κ2) is 5.55. The van der Waals surface area contributed by atoms with Crippen molar-refractivity contribution in [1.82, 2.24) is 0 Å². The summed E-state index contributed by atoms with van der Waals surface area (Å²) in [6.45, 7) is 4.61. The van der Waals surface area contributed by atoms with Gasteiger partial charge in [-0.2, -0.15) is 0 Å². The molecule has 0 aliphatic carbocycles. The molecule has 0 N–H and O–H groups in total. The molecule has 22 heavy (non-hydrogen) atoms. The average Bonchev–Trinajstić information content (AvgIpc) is 2.35. The first-order chi connectivity index (χ1) is 10.2. The molecule has 0 bridgehead atoms. The van der Waals surface area contributed by atoms with Gasteiger partial charge in [0.15, 0.2) is 5.92 Å². The van der Waals surface area contributed by atoms with E-state index in [4.69, 9.17) is 9.47 Å². The summed E-state index contributed by atoms with van der Waals surface area (Å²) in [5.74, 6) is -4.28. The lowest BCUT2D eigenvalue weighted by molar-refractivity contribution is -0.384. The first-order valence-electron chi connectivity index (χ1n) is 6.44. The van der Waals surface area contributed by atoms with Gasteiger partial charge in [-0.3, -0.25) is 24.7 Å². The SMILES string of the molecule is Cc1ccc([N+](=O)[O-])c(N=CC2C(=O)OC(C)(C)OC2=O)c1. The quantitative estimate of drug-likeness (QED) is 0.278. The first-order valence-corrected chi connectivity index (χ1v) is 6.44. The Hall–Kier alpha value is -2.77. The number of nitrogens with zero attached hydrogens (tertiary/aromatic N) is 2. The summed E-state index contributed by atoms with van der Waals surface area (Å²) in [5, 5.41) is 10.9. The molecule has 1 aromatic rings. The van der Waals surface area contributed by atoms with Crippen molar-refractivity contribution in [3.8, 4) is 0 Å². The molecule has 8 heteroatoms. The van der Waals surface area contributed by atoms with Crippen molar-refractivity contribution in [2.45, 2.75) is 26.6 Å². The van der Waals surface area contributed by atoms with Crippen LogP contribution in [0.2, 0.25) is 0 Å². The number of ether oxygens (including phenoxy) is 2. The fourth-order valence-corrected chi connectivity index (χ4v) is 1.90. The van der Waals surface area contributed by atoms with E-state index in [1.807, 2.05) is 0 Å². The minimum atomic E-state index is -1.34. The standard InChI is InChI=1S/C14H14N2O6/c1-8-4-5-11(16(19)20)10(6-8)15-7-9-12(17)21-14(2,3)22-13(9)18/h4-7,9H,1-3H3. The van der Waals surface area contributed by atoms with Crippen molar-refractivity contribution in [3.05, 3.63) is 33.9 Å². The summed E-state index contributed by atoms with van der Waals surface area (Å²) >= 11 is 0. The summed E-state index contributed by atoms with van der Waals surface area (Å²) in [7, 11) is 0. The number of nitro benzene ring substituents is 1. The van der Waals surface area contributed by atoms with Crippen LogP contribution in [0.4, 0.5) is 11.4 Å². The Morgan fingerprint density at radius 2 is 1.86 bits per heavy atom. The Bertz CT molecular complexity index is 660. The number of nitro groups is 1. The maximum absolute atomic E-state index is 11.8. The Morgan fingerprint density at radius 3 is 2.41 bits per heavy atom. The second-order valence-electron chi connectivity index (χ2n) is 5.25. The summed E-state index contributed by atoms with van der Waals surface area (Å²) in [4.78, 5) is 37.8. The smallest absolute Gasteiger partial charge is 0.329 e. The van der Waals surface area contributed by atoms with Gasteiger partial charge in [0.05, 0.1) is 4.92 Å². The molecule has 0 radical (unpaired) electrons. The number of aryl methyl sites for hydroxylation is 1. The Balaban J connectivity index is 2.29. The molecule has 2 rings (SSSR count). The predicted molar refractivity (Wildman–Crippen MR) is 75.7 cm³/mol. The highest BCUT2D eigenvalue weighted by molar-refractivity contribution is 6.10. The van der Waals surface area contributed by atoms with Crippen LogP contribution in [0.5, 0.6) is 0 Å². The molecule has 1 aliphatic rings. The topological polar surface area (TPSA) is 108 Å². The van der Waals surface area contributed by atoms with Gasteiger partial charge in [0.1, 0.15) is 5.69 Å². The van der Waals surface area contributed by atoms with Gasteiger partial charge >= 0.3 is 11.9 Å². The molecule has 0 aromatic heterocycles. The molecule has 1 saturated heterocycles. The largest absolute Gasteiger partial charge is 0.422 e. The van der Waals surface area contributed by atoms with Gasteiger partial charge in [0.25, 0.3) is 11.5 Å². The fourth-order valence-electron chi connectivity index (χ4n) is 1.90. The number of cyclic esters (lactones) is 2. The summed E-state index contributed by atoms with van der Waals surface area (Å²) in [5.41, 5.74) is 0.586. The zero-order valence-electron chi connectivity index (χ0n) is 12.2. The first kappa shape index (κ1) is 15.6. The Kier molecular flexibility index (Phi) is 3.94. The van der Waals surface area contributed by atoms with E-state index in [9.17, 15) is 19.7 Å². The van der Waals surface area contributed by atoms with Gasteiger partial charge in [0.2, 0.25) is 0 Å². The zero-order chi connectivity index (χ0) is 16.5. The number of hydrogen-bond donors (Lipinski definition) is 0. The molecule has 0 atom stereocenters. The molecule has 0 unspecified atom stereocenters. The van der Waals surface area contributed by atoms with E-state index in [0.29, 0.717) is 0 Å². The molecule has 8 nitrogen and oxygen atoms in total. The van der Waals surface area contributed by atoms with Crippen LogP contribution >= 0.6 is 0 Å². The summed E-state index contributed by atoms with van der Waals surface area (Å²) in [6, 6.07) is 4.36. The van der Waals surface area contributed by atoms with Crippen molar-refractivity contribution < 1.29 is 24.0 Å². The predicted octanol–water partition coefficient (Wildman–Crippen LogP) is 2.06. The van der Waals surface area contributed by atoms with Gasteiger partial charge in [0, 0.05) is 26.1 Å². The van der Waals surface area contributed by atoms with Gasteiger partial charge < -0.3 is 9.47 Å². The van der Waals surface area contributed by atoms with Gasteiger partial charge in [-0.05, 0) is 18.6 Å². The van der Waals surface area contributed by atoms with Crippen molar-refractivity contribution in [2.24, 2.45) is 10.9 Å². The average molecular weight is 306 g/mol. The van der Waals surface area contributed by atoms with E-state index in [0.717, 1.165) is 11.8 Å². The second-order valence-corrected chi connectivity index (χ2v) is 5.25. The van der Waals surface area contributed by atoms with E-state index in [2.05, 4.69) is 4.99 Å². The highest BCUT2D eigenvalue weighted by Crippen LogP contribution is 2.29. The molecular weight excluding hydrogens is 292 g/mol. The maximum atomic E-state index is 11.8. The van der Waals surface area contributed by atoms with E-state index in [1.54, 1.807) is 13.0 Å². The van der Waals surface area contributed by atoms with E-state index in [1.165, 1.54) is 26.0 Å². The van der Waals surface area contributed by atoms with Gasteiger partial charge in [-0.25, -0.2) is 0 Å². The lowest BCUT2D eigenvalue weighted by Gasteiger charge is -2.31. The minimum Gasteiger partial charge on any atom is -0.422 e. The van der Waals surface area contributed by atoms with E-state index >= 15 is 0 Å². The number of carbonyl (C=O) groups is 2. The number of hydrogen-bond acceptors (Lipinski definition) is 7. The minimum absolute atomic E-state index is 0.0513. The van der Waals surface area contributed by atoms with Crippen LogP contribution in [-0.4, -0.2) is 28.9 Å². The van der Waals surface area contributed by atoms with Gasteiger partial charge in [-0.1, -0.05) is 6.07 Å². The van der Waals surface area contributed by atoms with Crippen LogP contribution in [0.15, 0.2) is 23.2 Å². The normalized spacial score (nSPS) is 18.1. The van der Waals surface area contributed by atoms with Crippen LogP contribution in [0.25, 0.3) is 0 Å². The van der Waals surface area contributed by atoms with Crippen LogP contribution in [-0.2, 0) is 19.1 Å². The third-order valence-electron chi connectivity index (χ3n) is 2.89. The Labute approximate surface area is 125 Å². The molecule has 1 aromatic carbocycles. The highest BCUT2D eigenvalue weighted by Gasteiger charge is 2.42. The lowest BCUT2D eigenvalue weighted by atomic mass is 10.1. The van der Waals surface area contributed by atoms with Crippen molar-refractivity contribution in [3.63, 3.8) is 0 Å². The number of aliphatic imine (C=N–C) groups is 1. The third-order valence-corrected chi connectivity index (χ3v) is 2.89. The molecule has 0 spiro atoms. The van der Waals surface area contributed by atoms with Crippen molar-refractivity contribution in [2.75, 3.05) is 0 Å². The molecule has 1 aliphatic heterocycles. The highest BCUT2D eigenvalue weighted by atomic mass is 16.7. The molecule has 0 amide bonds. The van der Waals surface area contributed by atoms with Gasteiger partial charge in [-0.15, -0.1) is 0 Å². The molecule has 0 saturated carbocycles. The van der Waals surface area contributed by atoms with Crippen LogP contribution < -0.4 is 0 Å². The van der Waals surface area contributed by atoms with Crippen molar-refractivity contribution >= 4 is 29.5 Å². The molecular formula is C14H14N2O6. The molecule has 116 valence electrons. The summed E-state index contributed by atoms with van der Waals surface area (Å²) in [6.07, 6.45) is 1.00. The zero-order valence-corrected chi connectivity index (χ0v) is 12.2. The fraction of sp³-hybridized carbons (Fsp3) is 0.357. The lowest BCUT2D eigenvalue weighted by Crippen LogP contribution is -2.46. The third kappa shape index (κ3) is 3.27. The van der Waals surface area contributed by atoms with E-state index < -0.39 is 28.6 Å². The molecule has 1 fully saturated rings. The number of benzene rings is 1. The summed E-state index contributed by atoms with van der Waals surface area (Å²) < 4.78 is 9.88. The van der Waals surface area contributed by atoms with Crippen molar-refractivity contribution in [1.29, 1.82) is 0 Å². The van der Waals surface area contributed by atoms with E-state index in [-0.39, 0.29) is 11.4 Å². The Morgan fingerprint density at radius 1 is 1.27 bits per heavy atom. The van der Waals surface area contributed by atoms with Crippen LogP contribution in [0.1, 0.15) is 19.4 Å². The van der Waals surface area contributed by atoms with Crippen LogP contribution in [0.3, 0.4) is 0 Å². The maximum Gasteiger partial charge on any atom is 0.329 e.